The molecule has 0 aliphatic carbocycles. The van der Waals surface area contributed by atoms with Crippen molar-refractivity contribution in [2.45, 2.75) is 44.6 Å². The van der Waals surface area contributed by atoms with Crippen molar-refractivity contribution in [1.82, 2.24) is 0 Å². The minimum Gasteiger partial charge on any atom is -0.399 e. The van der Waals surface area contributed by atoms with Crippen molar-refractivity contribution in [3.8, 4) is 0 Å². The van der Waals surface area contributed by atoms with Crippen LogP contribution in [0.25, 0.3) is 0 Å². The van der Waals surface area contributed by atoms with Gasteiger partial charge in [-0.15, -0.1) is 0 Å². The third kappa shape index (κ3) is 2.98. The molecule has 1 aromatic rings. The lowest BCUT2D eigenvalue weighted by atomic mass is 9.78. The average molecular weight is 282 g/mol. The van der Waals surface area contributed by atoms with E-state index in [1.165, 1.54) is 6.07 Å². The summed E-state index contributed by atoms with van der Waals surface area (Å²) >= 11 is 1.67. The van der Waals surface area contributed by atoms with Gasteiger partial charge in [0, 0.05) is 5.75 Å². The summed E-state index contributed by atoms with van der Waals surface area (Å²) in [6, 6.07) is 5.01. The zero-order chi connectivity index (χ0) is 14.3. The van der Waals surface area contributed by atoms with Gasteiger partial charge >= 0.3 is 7.12 Å². The second-order valence-corrected chi connectivity index (χ2v) is 6.78. The van der Waals surface area contributed by atoms with E-state index in [4.69, 9.17) is 9.31 Å². The number of halogens is 1. The minimum atomic E-state index is -0.499. The van der Waals surface area contributed by atoms with Crippen molar-refractivity contribution in [3.05, 3.63) is 29.6 Å². The molecule has 0 bridgehead atoms. The van der Waals surface area contributed by atoms with Gasteiger partial charge in [-0.25, -0.2) is 4.39 Å². The van der Waals surface area contributed by atoms with E-state index in [1.807, 2.05) is 40.0 Å². The molecule has 1 aliphatic rings. The lowest BCUT2D eigenvalue weighted by molar-refractivity contribution is 0.00578. The highest BCUT2D eigenvalue weighted by atomic mass is 32.2. The van der Waals surface area contributed by atoms with E-state index in [9.17, 15) is 4.39 Å². The van der Waals surface area contributed by atoms with Crippen LogP contribution < -0.4 is 5.46 Å². The number of hydrogen-bond donors (Lipinski definition) is 0. The molecule has 5 heteroatoms. The van der Waals surface area contributed by atoms with Crippen LogP contribution in [0, 0.1) is 5.82 Å². The maximum absolute atomic E-state index is 13.7. The summed E-state index contributed by atoms with van der Waals surface area (Å²) in [4.78, 5) is 0. The Labute approximate surface area is 119 Å². The molecule has 0 aromatic heterocycles. The molecule has 0 spiro atoms. The Hall–Kier alpha value is -0.515. The largest absolute Gasteiger partial charge is 0.494 e. The first-order valence-electron chi connectivity index (χ1n) is 6.39. The third-order valence-corrected chi connectivity index (χ3v) is 4.44. The van der Waals surface area contributed by atoms with Gasteiger partial charge in [-0.05, 0) is 57.1 Å². The van der Waals surface area contributed by atoms with Gasteiger partial charge in [0.25, 0.3) is 0 Å². The molecular formula is C14H20BFO2S. The van der Waals surface area contributed by atoms with Crippen LogP contribution in [0.3, 0.4) is 0 Å². The molecule has 19 heavy (non-hydrogen) atoms. The van der Waals surface area contributed by atoms with Gasteiger partial charge in [-0.3, -0.25) is 0 Å². The molecule has 1 aliphatic heterocycles. The Bertz CT molecular complexity index is 461. The SMILES string of the molecule is CSCc1cc(F)cc(B2OC(C)(C)C(C)(C)O2)c1. The van der Waals surface area contributed by atoms with Crippen LogP contribution in [0.2, 0.25) is 0 Å². The molecule has 0 unspecified atom stereocenters. The smallest absolute Gasteiger partial charge is 0.399 e. The molecule has 1 saturated heterocycles. The van der Waals surface area contributed by atoms with Crippen LogP contribution in [0.5, 0.6) is 0 Å². The van der Waals surface area contributed by atoms with Crippen molar-refractivity contribution in [3.63, 3.8) is 0 Å². The Morgan fingerprint density at radius 3 is 2.21 bits per heavy atom. The summed E-state index contributed by atoms with van der Waals surface area (Å²) in [5.41, 5.74) is 0.910. The first-order valence-corrected chi connectivity index (χ1v) is 7.78. The quantitative estimate of drug-likeness (QED) is 0.794. The molecule has 0 saturated carbocycles. The highest BCUT2D eigenvalue weighted by molar-refractivity contribution is 7.97. The second kappa shape index (κ2) is 5.11. The predicted octanol–water partition coefficient (Wildman–Crippen LogP) is 2.99. The standard InChI is InChI=1S/C14H20BFO2S/c1-13(2)14(3,4)18-15(17-13)11-6-10(9-19-5)7-12(16)8-11/h6-8H,9H2,1-5H3. The van der Waals surface area contributed by atoms with Gasteiger partial charge in [-0.2, -0.15) is 11.8 Å². The fraction of sp³-hybridized carbons (Fsp3) is 0.571. The van der Waals surface area contributed by atoms with Gasteiger partial charge in [0.1, 0.15) is 5.82 Å². The zero-order valence-electron chi connectivity index (χ0n) is 12.1. The third-order valence-electron chi connectivity index (χ3n) is 3.82. The van der Waals surface area contributed by atoms with E-state index in [0.717, 1.165) is 16.8 Å². The number of hydrogen-bond acceptors (Lipinski definition) is 3. The number of thioether (sulfide) groups is 1. The number of benzene rings is 1. The first-order chi connectivity index (χ1) is 8.75. The molecule has 1 aromatic carbocycles. The predicted molar refractivity (Wildman–Crippen MR) is 79.3 cm³/mol. The lowest BCUT2D eigenvalue weighted by Crippen LogP contribution is -2.41. The molecule has 104 valence electrons. The Kier molecular flexibility index (Phi) is 4.01. The van der Waals surface area contributed by atoms with Crippen LogP contribution in [0.1, 0.15) is 33.3 Å². The number of rotatable bonds is 3. The van der Waals surface area contributed by atoms with Gasteiger partial charge in [-0.1, -0.05) is 6.07 Å². The minimum absolute atomic E-state index is 0.240. The van der Waals surface area contributed by atoms with Crippen LogP contribution in [0.4, 0.5) is 4.39 Å². The van der Waals surface area contributed by atoms with Crippen LogP contribution in [-0.4, -0.2) is 24.6 Å². The maximum atomic E-state index is 13.7. The van der Waals surface area contributed by atoms with Gasteiger partial charge in [0.2, 0.25) is 0 Å². The van der Waals surface area contributed by atoms with E-state index < -0.39 is 18.3 Å². The zero-order valence-corrected chi connectivity index (χ0v) is 12.9. The Morgan fingerprint density at radius 2 is 1.68 bits per heavy atom. The fourth-order valence-electron chi connectivity index (χ4n) is 2.04. The van der Waals surface area contributed by atoms with Crippen molar-refractivity contribution in [2.24, 2.45) is 0 Å². The normalized spacial score (nSPS) is 20.8. The lowest BCUT2D eigenvalue weighted by Gasteiger charge is -2.32. The topological polar surface area (TPSA) is 18.5 Å². The Balaban J connectivity index is 2.29. The summed E-state index contributed by atoms with van der Waals surface area (Å²) in [7, 11) is -0.499. The molecule has 2 nitrogen and oxygen atoms in total. The summed E-state index contributed by atoms with van der Waals surface area (Å²) in [6.45, 7) is 7.98. The van der Waals surface area contributed by atoms with Crippen molar-refractivity contribution >= 4 is 24.3 Å². The van der Waals surface area contributed by atoms with Gasteiger partial charge in [0.05, 0.1) is 11.2 Å². The van der Waals surface area contributed by atoms with Crippen LogP contribution in [-0.2, 0) is 15.1 Å². The maximum Gasteiger partial charge on any atom is 0.494 e. The van der Waals surface area contributed by atoms with Crippen LogP contribution >= 0.6 is 11.8 Å². The average Bonchev–Trinajstić information content (AvgIpc) is 2.48. The van der Waals surface area contributed by atoms with E-state index in [1.54, 1.807) is 17.8 Å². The molecule has 2 rings (SSSR count). The summed E-state index contributed by atoms with van der Waals surface area (Å²) < 4.78 is 25.6. The fourth-order valence-corrected chi connectivity index (χ4v) is 2.54. The molecule has 0 amide bonds. The van der Waals surface area contributed by atoms with Gasteiger partial charge < -0.3 is 9.31 Å². The van der Waals surface area contributed by atoms with Crippen molar-refractivity contribution in [2.75, 3.05) is 6.26 Å². The van der Waals surface area contributed by atoms with Crippen molar-refractivity contribution < 1.29 is 13.7 Å². The van der Waals surface area contributed by atoms with Crippen LogP contribution in [0.15, 0.2) is 18.2 Å². The van der Waals surface area contributed by atoms with E-state index in [0.29, 0.717) is 0 Å². The highest BCUT2D eigenvalue weighted by Gasteiger charge is 2.51. The van der Waals surface area contributed by atoms with E-state index in [-0.39, 0.29) is 5.82 Å². The summed E-state index contributed by atoms with van der Waals surface area (Å²) in [6.07, 6.45) is 2.00. The summed E-state index contributed by atoms with van der Waals surface area (Å²) in [5.74, 6) is 0.542. The van der Waals surface area contributed by atoms with Gasteiger partial charge in [0.15, 0.2) is 0 Å². The second-order valence-electron chi connectivity index (χ2n) is 5.91. The molecule has 0 N–H and O–H groups in total. The van der Waals surface area contributed by atoms with E-state index in [2.05, 4.69) is 0 Å². The van der Waals surface area contributed by atoms with E-state index >= 15 is 0 Å². The molecule has 1 heterocycles. The Morgan fingerprint density at radius 1 is 1.11 bits per heavy atom. The summed E-state index contributed by atoms with van der Waals surface area (Å²) in [5, 5.41) is 0. The molecule has 0 atom stereocenters. The first kappa shape index (κ1) is 14.9. The molecular weight excluding hydrogens is 262 g/mol. The monoisotopic (exact) mass is 282 g/mol. The highest BCUT2D eigenvalue weighted by Crippen LogP contribution is 2.36. The molecule has 1 fully saturated rings. The van der Waals surface area contributed by atoms with Crippen molar-refractivity contribution in [1.29, 1.82) is 0 Å². The molecule has 0 radical (unpaired) electrons.